The number of hydrogen-bond acceptors (Lipinski definition) is 4. The van der Waals surface area contributed by atoms with Gasteiger partial charge in [0.1, 0.15) is 5.82 Å². The summed E-state index contributed by atoms with van der Waals surface area (Å²) in [6.07, 6.45) is 5.15. The molecular formula is C30H31ClN6O2. The number of nitrogens with zero attached hydrogens (tertiary/aromatic N) is 5. The number of nitrogens with one attached hydrogen (secondary N) is 1. The van der Waals surface area contributed by atoms with Gasteiger partial charge in [0.2, 0.25) is 0 Å². The standard InChI is InChI=1S/C30H31ClN6O2/c1-18-24(14-21(31)16-32-18)29(38)34-22-10-8-20(9-11-22)17-36-27-6-4-5-7-28(27)37(30(36)39)23-12-13-26-25(15-23)33-19(2)35(26)3/h4-7,12-16,20,22H,8-11,17H2,1-3H3,(H,34,38)/t20-,22-. The fourth-order valence-electron chi connectivity index (χ4n) is 5.83. The van der Waals surface area contributed by atoms with E-state index in [1.165, 1.54) is 0 Å². The van der Waals surface area contributed by atoms with Gasteiger partial charge in [0, 0.05) is 25.8 Å². The average Bonchev–Trinajstić information content (AvgIpc) is 3.37. The first-order valence-electron chi connectivity index (χ1n) is 13.4. The Bertz CT molecular complexity index is 1770. The van der Waals surface area contributed by atoms with Crippen LogP contribution < -0.4 is 11.0 Å². The number of carbonyl (C=O) groups is 1. The van der Waals surface area contributed by atoms with Crippen molar-refractivity contribution in [2.75, 3.05) is 0 Å². The minimum absolute atomic E-state index is 0.0393. The van der Waals surface area contributed by atoms with Crippen LogP contribution in [0.2, 0.25) is 5.02 Å². The third-order valence-corrected chi connectivity index (χ3v) is 8.31. The summed E-state index contributed by atoms with van der Waals surface area (Å²) in [6.45, 7) is 4.44. The molecule has 0 aliphatic heterocycles. The van der Waals surface area contributed by atoms with E-state index in [0.29, 0.717) is 28.7 Å². The van der Waals surface area contributed by atoms with Crippen molar-refractivity contribution >= 4 is 39.6 Å². The van der Waals surface area contributed by atoms with Crippen LogP contribution in [0.5, 0.6) is 0 Å². The molecule has 0 bridgehead atoms. The summed E-state index contributed by atoms with van der Waals surface area (Å²) in [7, 11) is 2.00. The zero-order valence-corrected chi connectivity index (χ0v) is 23.1. The van der Waals surface area contributed by atoms with Gasteiger partial charge in [-0.05, 0) is 81.8 Å². The van der Waals surface area contributed by atoms with Crippen molar-refractivity contribution in [2.45, 2.75) is 52.1 Å². The van der Waals surface area contributed by atoms with Gasteiger partial charge < -0.3 is 9.88 Å². The highest BCUT2D eigenvalue weighted by atomic mass is 35.5. The second-order valence-corrected chi connectivity index (χ2v) is 11.0. The van der Waals surface area contributed by atoms with E-state index in [4.69, 9.17) is 11.6 Å². The smallest absolute Gasteiger partial charge is 0.333 e. The van der Waals surface area contributed by atoms with Crippen molar-refractivity contribution in [3.05, 3.63) is 87.3 Å². The van der Waals surface area contributed by atoms with Crippen LogP contribution in [-0.4, -0.2) is 35.6 Å². The third-order valence-electron chi connectivity index (χ3n) is 8.10. The van der Waals surface area contributed by atoms with Crippen molar-refractivity contribution in [2.24, 2.45) is 13.0 Å². The first-order valence-corrected chi connectivity index (χ1v) is 13.7. The molecule has 0 saturated heterocycles. The molecule has 9 heteroatoms. The Labute approximate surface area is 231 Å². The van der Waals surface area contributed by atoms with E-state index in [0.717, 1.165) is 59.3 Å². The van der Waals surface area contributed by atoms with Gasteiger partial charge in [0.05, 0.1) is 44.0 Å². The van der Waals surface area contributed by atoms with Crippen molar-refractivity contribution in [3.63, 3.8) is 0 Å². The number of imidazole rings is 2. The molecule has 39 heavy (non-hydrogen) atoms. The number of fused-ring (bicyclic) bond motifs is 2. The quantitative estimate of drug-likeness (QED) is 0.325. The van der Waals surface area contributed by atoms with Crippen molar-refractivity contribution in [3.8, 4) is 5.69 Å². The summed E-state index contributed by atoms with van der Waals surface area (Å²) in [5, 5.41) is 3.61. The second-order valence-electron chi connectivity index (χ2n) is 10.6. The van der Waals surface area contributed by atoms with E-state index in [-0.39, 0.29) is 17.6 Å². The second kappa shape index (κ2) is 10.0. The van der Waals surface area contributed by atoms with Gasteiger partial charge in [-0.2, -0.15) is 0 Å². The molecule has 1 aliphatic rings. The lowest BCUT2D eigenvalue weighted by Crippen LogP contribution is -2.39. The van der Waals surface area contributed by atoms with Gasteiger partial charge >= 0.3 is 5.69 Å². The highest BCUT2D eigenvalue weighted by Crippen LogP contribution is 2.28. The van der Waals surface area contributed by atoms with E-state index < -0.39 is 0 Å². The van der Waals surface area contributed by atoms with Gasteiger partial charge in [-0.3, -0.25) is 18.9 Å². The Hall–Kier alpha value is -3.91. The maximum Gasteiger partial charge on any atom is 0.333 e. The molecule has 6 rings (SSSR count). The van der Waals surface area contributed by atoms with Gasteiger partial charge in [0.15, 0.2) is 0 Å². The van der Waals surface area contributed by atoms with Crippen LogP contribution in [0, 0.1) is 19.8 Å². The number of pyridine rings is 1. The molecule has 2 aromatic carbocycles. The maximum absolute atomic E-state index is 13.8. The third kappa shape index (κ3) is 4.63. The number of halogens is 1. The summed E-state index contributed by atoms with van der Waals surface area (Å²) < 4.78 is 5.76. The molecule has 200 valence electrons. The van der Waals surface area contributed by atoms with Crippen LogP contribution in [0.15, 0.2) is 59.5 Å². The summed E-state index contributed by atoms with van der Waals surface area (Å²) >= 11 is 6.05. The molecule has 1 fully saturated rings. The summed E-state index contributed by atoms with van der Waals surface area (Å²) in [4.78, 5) is 35.5. The number of amides is 1. The lowest BCUT2D eigenvalue weighted by atomic mass is 9.85. The van der Waals surface area contributed by atoms with Gasteiger partial charge in [-0.1, -0.05) is 23.7 Å². The van der Waals surface area contributed by atoms with Crippen LogP contribution >= 0.6 is 11.6 Å². The fraction of sp³-hybridized carbons (Fsp3) is 0.333. The molecule has 3 heterocycles. The van der Waals surface area contributed by atoms with Gasteiger partial charge in [-0.25, -0.2) is 9.78 Å². The highest BCUT2D eigenvalue weighted by molar-refractivity contribution is 6.30. The van der Waals surface area contributed by atoms with E-state index >= 15 is 0 Å². The predicted octanol–water partition coefficient (Wildman–Crippen LogP) is 5.33. The Kier molecular flexibility index (Phi) is 6.51. The van der Waals surface area contributed by atoms with Crippen molar-refractivity contribution in [1.82, 2.24) is 29.0 Å². The van der Waals surface area contributed by atoms with Gasteiger partial charge in [-0.15, -0.1) is 0 Å². The molecule has 0 unspecified atom stereocenters. The first-order chi connectivity index (χ1) is 18.8. The number of carbonyl (C=O) groups excluding carboxylic acids is 1. The van der Waals surface area contributed by atoms with Crippen molar-refractivity contribution < 1.29 is 4.79 Å². The van der Waals surface area contributed by atoms with E-state index in [9.17, 15) is 9.59 Å². The lowest BCUT2D eigenvalue weighted by Gasteiger charge is -2.29. The number of hydrogen-bond donors (Lipinski definition) is 1. The number of para-hydroxylation sites is 2. The Morgan fingerprint density at radius 3 is 2.54 bits per heavy atom. The molecule has 3 aromatic heterocycles. The van der Waals surface area contributed by atoms with E-state index in [2.05, 4.69) is 19.9 Å². The van der Waals surface area contributed by atoms with Crippen LogP contribution in [0.3, 0.4) is 0 Å². The monoisotopic (exact) mass is 542 g/mol. The summed E-state index contributed by atoms with van der Waals surface area (Å²) in [6, 6.07) is 15.7. The molecule has 0 spiro atoms. The molecule has 1 saturated carbocycles. The number of rotatable bonds is 5. The molecule has 1 aliphatic carbocycles. The van der Waals surface area contributed by atoms with E-state index in [1.54, 1.807) is 16.8 Å². The minimum atomic E-state index is -0.134. The number of benzene rings is 2. The zero-order valence-electron chi connectivity index (χ0n) is 22.3. The zero-order chi connectivity index (χ0) is 27.3. The Morgan fingerprint density at radius 1 is 1.03 bits per heavy atom. The summed E-state index contributed by atoms with van der Waals surface area (Å²) in [5.74, 6) is 1.15. The summed E-state index contributed by atoms with van der Waals surface area (Å²) in [5.41, 5.74) is 5.70. The SMILES string of the molecule is Cc1ncc(Cl)cc1C(=O)N[C@H]1CC[C@H](Cn2c(=O)n(-c3ccc4c(c3)nc(C)n4C)c3ccccc32)CC1. The average molecular weight is 543 g/mol. The fourth-order valence-corrected chi connectivity index (χ4v) is 5.99. The first kappa shape index (κ1) is 25.4. The van der Waals surface area contributed by atoms with E-state index in [1.807, 2.05) is 67.9 Å². The Morgan fingerprint density at radius 2 is 1.77 bits per heavy atom. The largest absolute Gasteiger partial charge is 0.349 e. The molecule has 8 nitrogen and oxygen atoms in total. The van der Waals surface area contributed by atoms with Gasteiger partial charge in [0.25, 0.3) is 5.91 Å². The van der Waals surface area contributed by atoms with Crippen molar-refractivity contribution in [1.29, 1.82) is 0 Å². The highest BCUT2D eigenvalue weighted by Gasteiger charge is 2.26. The number of aryl methyl sites for hydroxylation is 3. The molecule has 1 amide bonds. The number of aromatic nitrogens is 5. The van der Waals surface area contributed by atoms with Crippen LogP contribution in [0.1, 0.15) is 47.6 Å². The predicted molar refractivity (Wildman–Crippen MR) is 154 cm³/mol. The molecular weight excluding hydrogens is 512 g/mol. The normalized spacial score (nSPS) is 17.6. The molecule has 0 radical (unpaired) electrons. The molecule has 1 N–H and O–H groups in total. The maximum atomic E-state index is 13.8. The molecule has 0 atom stereocenters. The molecule has 5 aromatic rings. The Balaban J connectivity index is 1.21. The van der Waals surface area contributed by atoms with Crippen LogP contribution in [-0.2, 0) is 13.6 Å². The lowest BCUT2D eigenvalue weighted by molar-refractivity contribution is 0.0919. The van der Waals surface area contributed by atoms with Crippen LogP contribution in [0.25, 0.3) is 27.8 Å². The topological polar surface area (TPSA) is 86.7 Å². The van der Waals surface area contributed by atoms with Crippen LogP contribution in [0.4, 0.5) is 0 Å². The minimum Gasteiger partial charge on any atom is -0.349 e.